The van der Waals surface area contributed by atoms with E-state index >= 15 is 0 Å². The number of hydrogen-bond acceptors (Lipinski definition) is 2. The predicted octanol–water partition coefficient (Wildman–Crippen LogP) is 4.33. The van der Waals surface area contributed by atoms with Gasteiger partial charge in [0, 0.05) is 16.0 Å². The van der Waals surface area contributed by atoms with Gasteiger partial charge < -0.3 is 0 Å². The van der Waals surface area contributed by atoms with Gasteiger partial charge in [0.1, 0.15) is 0 Å². The van der Waals surface area contributed by atoms with E-state index in [1.807, 2.05) is 44.7 Å². The number of thioether (sulfide) groups is 1. The largest absolute Gasteiger partial charge is 0.192 e. The summed E-state index contributed by atoms with van der Waals surface area (Å²) in [6, 6.07) is 6.02. The molecule has 1 aliphatic heterocycles. The van der Waals surface area contributed by atoms with Gasteiger partial charge >= 0.3 is 0 Å². The molecule has 1 atom stereocenters. The fourth-order valence-electron chi connectivity index (χ4n) is 1.29. The number of nitrogens with zero attached hydrogens (tertiary/aromatic N) is 1. The van der Waals surface area contributed by atoms with Crippen molar-refractivity contribution in [3.05, 3.63) is 33.8 Å². The molecule has 0 N–H and O–H groups in total. The molecule has 0 bridgehead atoms. The lowest BCUT2D eigenvalue weighted by atomic mass is 10.0. The van der Waals surface area contributed by atoms with E-state index < -0.39 is 0 Å². The first-order valence-corrected chi connectivity index (χ1v) is 6.47. The zero-order valence-electron chi connectivity index (χ0n) is 9.17. The van der Waals surface area contributed by atoms with Crippen molar-refractivity contribution in [2.24, 2.45) is 0 Å². The van der Waals surface area contributed by atoms with Crippen LogP contribution >= 0.6 is 23.4 Å². The Kier molecular flexibility index (Phi) is 4.50. The average Bonchev–Trinajstić information content (AvgIpc) is 3.08. The first kappa shape index (κ1) is 12.4. The molecule has 80 valence electrons. The maximum Gasteiger partial charge on any atom is 0.0995 e. The Morgan fingerprint density at radius 1 is 1.47 bits per heavy atom. The molecule has 3 heteroatoms. The SMILES string of the molecule is CC.Cc1cc(C#N)c(C2CS2)cc1Cl. The number of hydrogen-bond donors (Lipinski definition) is 0. The second kappa shape index (κ2) is 5.44. The molecule has 0 aliphatic carbocycles. The molecule has 15 heavy (non-hydrogen) atoms. The van der Waals surface area contributed by atoms with Crippen molar-refractivity contribution in [3.63, 3.8) is 0 Å². The zero-order chi connectivity index (χ0) is 11.4. The van der Waals surface area contributed by atoms with Gasteiger partial charge in [-0.2, -0.15) is 17.0 Å². The third-order valence-electron chi connectivity index (χ3n) is 2.13. The quantitative estimate of drug-likeness (QED) is 0.681. The highest BCUT2D eigenvalue weighted by Gasteiger charge is 2.27. The van der Waals surface area contributed by atoms with Crippen LogP contribution in [0.3, 0.4) is 0 Å². The predicted molar refractivity (Wildman–Crippen MR) is 67.5 cm³/mol. The Morgan fingerprint density at radius 3 is 2.53 bits per heavy atom. The summed E-state index contributed by atoms with van der Waals surface area (Å²) < 4.78 is 0. The minimum atomic E-state index is 0.507. The molecule has 2 rings (SSSR count). The van der Waals surface area contributed by atoms with Crippen LogP contribution in [0.5, 0.6) is 0 Å². The van der Waals surface area contributed by atoms with Gasteiger partial charge in [-0.05, 0) is 30.2 Å². The molecule has 1 fully saturated rings. The Morgan fingerprint density at radius 2 is 2.07 bits per heavy atom. The lowest BCUT2D eigenvalue weighted by Gasteiger charge is -2.04. The normalized spacial score (nSPS) is 17.4. The Balaban J connectivity index is 0.000000531. The van der Waals surface area contributed by atoms with Crippen LogP contribution in [-0.2, 0) is 0 Å². The highest BCUT2D eigenvalue weighted by Crippen LogP contribution is 2.48. The Hall–Kier alpha value is -0.650. The molecule has 1 aromatic carbocycles. The molecule has 0 spiro atoms. The zero-order valence-corrected chi connectivity index (χ0v) is 10.7. The van der Waals surface area contributed by atoms with Gasteiger partial charge in [-0.25, -0.2) is 0 Å². The Bertz CT molecular complexity index is 391. The first-order valence-electron chi connectivity index (χ1n) is 5.04. The van der Waals surface area contributed by atoms with E-state index in [0.29, 0.717) is 5.25 Å². The van der Waals surface area contributed by atoms with Gasteiger partial charge in [-0.3, -0.25) is 0 Å². The molecule has 1 nitrogen and oxygen atoms in total. The summed E-state index contributed by atoms with van der Waals surface area (Å²) in [4.78, 5) is 0. The molecular weight excluding hydrogens is 226 g/mol. The number of nitriles is 1. The molecule has 1 unspecified atom stereocenters. The van der Waals surface area contributed by atoms with Crippen LogP contribution in [0.2, 0.25) is 5.02 Å². The smallest absolute Gasteiger partial charge is 0.0995 e. The minimum Gasteiger partial charge on any atom is -0.192 e. The average molecular weight is 240 g/mol. The molecule has 0 amide bonds. The van der Waals surface area contributed by atoms with Crippen molar-refractivity contribution in [3.8, 4) is 6.07 Å². The van der Waals surface area contributed by atoms with Crippen LogP contribution in [-0.4, -0.2) is 5.75 Å². The topological polar surface area (TPSA) is 23.8 Å². The minimum absolute atomic E-state index is 0.507. The van der Waals surface area contributed by atoms with Crippen LogP contribution in [0, 0.1) is 18.3 Å². The summed E-state index contributed by atoms with van der Waals surface area (Å²) in [6.07, 6.45) is 0. The maximum atomic E-state index is 8.91. The van der Waals surface area contributed by atoms with E-state index in [2.05, 4.69) is 6.07 Å². The number of aryl methyl sites for hydroxylation is 1. The van der Waals surface area contributed by atoms with Gasteiger partial charge in [-0.15, -0.1) is 0 Å². The molecule has 0 saturated carbocycles. The third-order valence-corrected chi connectivity index (χ3v) is 3.46. The molecule has 0 aromatic heterocycles. The van der Waals surface area contributed by atoms with E-state index in [9.17, 15) is 0 Å². The van der Waals surface area contributed by atoms with Crippen molar-refractivity contribution in [2.45, 2.75) is 26.0 Å². The van der Waals surface area contributed by atoms with E-state index in [0.717, 1.165) is 27.5 Å². The summed E-state index contributed by atoms with van der Waals surface area (Å²) in [5, 5.41) is 10.2. The first-order chi connectivity index (χ1) is 7.22. The lowest BCUT2D eigenvalue weighted by Crippen LogP contribution is -1.89. The van der Waals surface area contributed by atoms with Crippen molar-refractivity contribution < 1.29 is 0 Å². The highest BCUT2D eigenvalue weighted by atomic mass is 35.5. The molecular formula is C12H14ClNS. The number of rotatable bonds is 1. The summed E-state index contributed by atoms with van der Waals surface area (Å²) in [6.45, 7) is 5.92. The maximum absolute atomic E-state index is 8.91. The second-order valence-electron chi connectivity index (χ2n) is 3.12. The summed E-state index contributed by atoms with van der Waals surface area (Å²) in [5.41, 5.74) is 2.85. The van der Waals surface area contributed by atoms with Crippen LogP contribution in [0.25, 0.3) is 0 Å². The van der Waals surface area contributed by atoms with Crippen LogP contribution in [0.4, 0.5) is 0 Å². The van der Waals surface area contributed by atoms with Gasteiger partial charge in [0.05, 0.1) is 11.6 Å². The molecule has 1 aliphatic rings. The van der Waals surface area contributed by atoms with Crippen LogP contribution in [0.15, 0.2) is 12.1 Å². The third kappa shape index (κ3) is 2.90. The van der Waals surface area contributed by atoms with Gasteiger partial charge in [0.25, 0.3) is 0 Å². The summed E-state index contributed by atoms with van der Waals surface area (Å²) >= 11 is 7.85. The van der Waals surface area contributed by atoms with E-state index in [4.69, 9.17) is 16.9 Å². The fourth-order valence-corrected chi connectivity index (χ4v) is 2.11. The van der Waals surface area contributed by atoms with Gasteiger partial charge in [-0.1, -0.05) is 25.4 Å². The molecule has 1 aromatic rings. The molecule has 1 heterocycles. The van der Waals surface area contributed by atoms with Crippen LogP contribution < -0.4 is 0 Å². The number of halogens is 1. The van der Waals surface area contributed by atoms with Crippen LogP contribution in [0.1, 0.15) is 35.8 Å². The van der Waals surface area contributed by atoms with Gasteiger partial charge in [0.15, 0.2) is 0 Å². The van der Waals surface area contributed by atoms with E-state index in [-0.39, 0.29) is 0 Å². The van der Waals surface area contributed by atoms with Crippen molar-refractivity contribution in [1.82, 2.24) is 0 Å². The van der Waals surface area contributed by atoms with E-state index in [1.165, 1.54) is 0 Å². The molecule has 1 saturated heterocycles. The summed E-state index contributed by atoms with van der Waals surface area (Å²) in [5.74, 6) is 1.12. The fraction of sp³-hybridized carbons (Fsp3) is 0.417. The van der Waals surface area contributed by atoms with Crippen molar-refractivity contribution in [2.75, 3.05) is 5.75 Å². The van der Waals surface area contributed by atoms with Gasteiger partial charge in [0.2, 0.25) is 0 Å². The highest BCUT2D eigenvalue weighted by molar-refractivity contribution is 8.06. The lowest BCUT2D eigenvalue weighted by molar-refractivity contribution is 1.20. The Labute approximate surface area is 100 Å². The van der Waals surface area contributed by atoms with Crippen molar-refractivity contribution >= 4 is 23.4 Å². The number of benzene rings is 1. The van der Waals surface area contributed by atoms with E-state index in [1.54, 1.807) is 0 Å². The standard InChI is InChI=1S/C10H8ClNS.C2H6/c1-6-2-7(4-12)8(3-9(6)11)10-5-13-10;1-2/h2-3,10H,5H2,1H3;1-2H3. The van der Waals surface area contributed by atoms with Crippen molar-refractivity contribution in [1.29, 1.82) is 5.26 Å². The second-order valence-corrected chi connectivity index (χ2v) is 4.77. The molecule has 0 radical (unpaired) electrons. The monoisotopic (exact) mass is 239 g/mol. The summed E-state index contributed by atoms with van der Waals surface area (Å²) in [7, 11) is 0.